The van der Waals surface area contributed by atoms with Crippen LogP contribution in [0.5, 0.6) is 0 Å². The van der Waals surface area contributed by atoms with E-state index in [1.165, 1.54) is 12.8 Å². The van der Waals surface area contributed by atoms with Gasteiger partial charge in [0.2, 0.25) is 0 Å². The van der Waals surface area contributed by atoms with E-state index in [4.69, 9.17) is 0 Å². The first-order chi connectivity index (χ1) is 8.68. The monoisotopic (exact) mass is 248 g/mol. The fraction of sp³-hybridized carbons (Fsp3) is 0.533. The van der Waals surface area contributed by atoms with E-state index in [-0.39, 0.29) is 6.03 Å². The van der Waals surface area contributed by atoms with E-state index in [1.54, 1.807) is 0 Å². The van der Waals surface area contributed by atoms with Crippen LogP contribution in [-0.2, 0) is 6.54 Å². The predicted molar refractivity (Wildman–Crippen MR) is 75.4 cm³/mol. The second-order valence-electron chi connectivity index (χ2n) is 4.98. The van der Waals surface area contributed by atoms with E-state index in [0.717, 1.165) is 24.4 Å². The molecular weight excluding hydrogens is 224 g/mol. The summed E-state index contributed by atoms with van der Waals surface area (Å²) in [7, 11) is 0. The summed E-state index contributed by atoms with van der Waals surface area (Å²) < 4.78 is 0. The predicted octanol–water partition coefficient (Wildman–Crippen LogP) is 3.31. The van der Waals surface area contributed by atoms with Crippen LogP contribution >= 0.6 is 0 Å². The second kappa shape index (κ2) is 8.56. The van der Waals surface area contributed by atoms with Gasteiger partial charge < -0.3 is 10.6 Å². The zero-order valence-electron chi connectivity index (χ0n) is 11.4. The van der Waals surface area contributed by atoms with Crippen molar-refractivity contribution in [2.24, 2.45) is 5.92 Å². The number of carbonyl (C=O) groups excluding carboxylic acids is 1. The molecule has 0 aliphatic heterocycles. The van der Waals surface area contributed by atoms with Crippen molar-refractivity contribution in [3.8, 4) is 0 Å². The Morgan fingerprint density at radius 1 is 1.11 bits per heavy atom. The highest BCUT2D eigenvalue weighted by Crippen LogP contribution is 2.05. The number of nitrogens with one attached hydrogen (secondary N) is 2. The Labute approximate surface area is 110 Å². The lowest BCUT2D eigenvalue weighted by Crippen LogP contribution is -2.35. The van der Waals surface area contributed by atoms with Crippen molar-refractivity contribution in [2.75, 3.05) is 6.54 Å². The number of carbonyl (C=O) groups is 1. The van der Waals surface area contributed by atoms with Gasteiger partial charge in [-0.1, -0.05) is 57.0 Å². The van der Waals surface area contributed by atoms with Gasteiger partial charge in [-0.3, -0.25) is 0 Å². The summed E-state index contributed by atoms with van der Waals surface area (Å²) in [6.07, 6.45) is 3.46. The highest BCUT2D eigenvalue weighted by molar-refractivity contribution is 5.73. The summed E-state index contributed by atoms with van der Waals surface area (Å²) in [6, 6.07) is 9.84. The Hall–Kier alpha value is -1.51. The summed E-state index contributed by atoms with van der Waals surface area (Å²) in [4.78, 5) is 11.5. The summed E-state index contributed by atoms with van der Waals surface area (Å²) in [5, 5.41) is 5.73. The fourth-order valence-corrected chi connectivity index (χ4v) is 1.72. The van der Waals surface area contributed by atoms with Gasteiger partial charge in [0, 0.05) is 13.1 Å². The van der Waals surface area contributed by atoms with Crippen molar-refractivity contribution in [2.45, 2.75) is 39.7 Å². The van der Waals surface area contributed by atoms with Gasteiger partial charge in [0.05, 0.1) is 0 Å². The molecule has 0 aromatic heterocycles. The summed E-state index contributed by atoms with van der Waals surface area (Å²) in [5.41, 5.74) is 1.12. The molecule has 0 atom stereocenters. The second-order valence-corrected chi connectivity index (χ2v) is 4.98. The molecule has 3 heteroatoms. The average molecular weight is 248 g/mol. The van der Waals surface area contributed by atoms with Crippen LogP contribution in [-0.4, -0.2) is 12.6 Å². The lowest BCUT2D eigenvalue weighted by atomic mass is 10.1. The maximum atomic E-state index is 11.5. The van der Waals surface area contributed by atoms with Crippen LogP contribution in [0.1, 0.15) is 38.7 Å². The van der Waals surface area contributed by atoms with E-state index in [2.05, 4.69) is 24.5 Å². The van der Waals surface area contributed by atoms with Gasteiger partial charge in [-0.05, 0) is 17.9 Å². The molecule has 0 heterocycles. The van der Waals surface area contributed by atoms with E-state index < -0.39 is 0 Å². The molecular formula is C15H24N2O. The molecule has 18 heavy (non-hydrogen) atoms. The van der Waals surface area contributed by atoms with Gasteiger partial charge in [-0.2, -0.15) is 0 Å². The number of rotatable bonds is 7. The summed E-state index contributed by atoms with van der Waals surface area (Å²) in [6.45, 7) is 5.78. The molecule has 0 aliphatic carbocycles. The molecule has 1 aromatic rings. The molecule has 2 N–H and O–H groups in total. The molecule has 0 aliphatic rings. The lowest BCUT2D eigenvalue weighted by molar-refractivity contribution is 0.240. The number of urea groups is 1. The topological polar surface area (TPSA) is 41.1 Å². The molecule has 0 bridgehead atoms. The van der Waals surface area contributed by atoms with E-state index in [9.17, 15) is 4.79 Å². The molecule has 0 spiro atoms. The summed E-state index contributed by atoms with van der Waals surface area (Å²) >= 11 is 0. The van der Waals surface area contributed by atoms with Crippen molar-refractivity contribution in [1.82, 2.24) is 10.6 Å². The van der Waals surface area contributed by atoms with Gasteiger partial charge in [0.25, 0.3) is 0 Å². The Kier molecular flexibility index (Phi) is 6.92. The standard InChI is InChI=1S/C15H24N2O/c1-13(2)8-6-7-11-16-15(18)17-12-14-9-4-3-5-10-14/h3-5,9-10,13H,6-8,11-12H2,1-2H3,(H2,16,17,18). The van der Waals surface area contributed by atoms with Crippen molar-refractivity contribution < 1.29 is 4.79 Å². The molecule has 0 unspecified atom stereocenters. The van der Waals surface area contributed by atoms with Gasteiger partial charge in [0.1, 0.15) is 0 Å². The third-order valence-corrected chi connectivity index (χ3v) is 2.79. The maximum Gasteiger partial charge on any atom is 0.315 e. The molecule has 2 amide bonds. The highest BCUT2D eigenvalue weighted by Gasteiger charge is 1.99. The van der Waals surface area contributed by atoms with Gasteiger partial charge in [0.15, 0.2) is 0 Å². The van der Waals surface area contributed by atoms with Gasteiger partial charge in [-0.25, -0.2) is 4.79 Å². The van der Waals surface area contributed by atoms with Crippen LogP contribution in [0.4, 0.5) is 4.79 Å². The SMILES string of the molecule is CC(C)CCCCNC(=O)NCc1ccccc1. The molecule has 3 nitrogen and oxygen atoms in total. The Balaban J connectivity index is 2.04. The fourth-order valence-electron chi connectivity index (χ4n) is 1.72. The molecule has 0 fully saturated rings. The van der Waals surface area contributed by atoms with Crippen molar-refractivity contribution in [3.05, 3.63) is 35.9 Å². The number of unbranched alkanes of at least 4 members (excludes halogenated alkanes) is 1. The van der Waals surface area contributed by atoms with Crippen LogP contribution in [0.3, 0.4) is 0 Å². The molecule has 1 rings (SSSR count). The lowest BCUT2D eigenvalue weighted by Gasteiger charge is -2.08. The van der Waals surface area contributed by atoms with Crippen molar-refractivity contribution in [3.63, 3.8) is 0 Å². The highest BCUT2D eigenvalue weighted by atomic mass is 16.2. The quantitative estimate of drug-likeness (QED) is 0.714. The first-order valence-electron chi connectivity index (χ1n) is 6.74. The van der Waals surface area contributed by atoms with Crippen LogP contribution in [0.15, 0.2) is 30.3 Å². The van der Waals surface area contributed by atoms with Crippen molar-refractivity contribution >= 4 is 6.03 Å². The van der Waals surface area contributed by atoms with Crippen LogP contribution in [0.2, 0.25) is 0 Å². The smallest absolute Gasteiger partial charge is 0.315 e. The van der Waals surface area contributed by atoms with E-state index in [0.29, 0.717) is 6.54 Å². The minimum Gasteiger partial charge on any atom is -0.338 e. The molecule has 0 saturated carbocycles. The third-order valence-electron chi connectivity index (χ3n) is 2.79. The molecule has 100 valence electrons. The summed E-state index contributed by atoms with van der Waals surface area (Å²) in [5.74, 6) is 0.747. The van der Waals surface area contributed by atoms with E-state index in [1.807, 2.05) is 30.3 Å². The Morgan fingerprint density at radius 2 is 1.83 bits per heavy atom. The molecule has 0 radical (unpaired) electrons. The number of amides is 2. The number of benzene rings is 1. The minimum atomic E-state index is -0.0802. The number of hydrogen-bond acceptors (Lipinski definition) is 1. The normalized spacial score (nSPS) is 10.4. The maximum absolute atomic E-state index is 11.5. The minimum absolute atomic E-state index is 0.0802. The first-order valence-corrected chi connectivity index (χ1v) is 6.74. The van der Waals surface area contributed by atoms with Gasteiger partial charge in [-0.15, -0.1) is 0 Å². The van der Waals surface area contributed by atoms with Crippen molar-refractivity contribution in [1.29, 1.82) is 0 Å². The largest absolute Gasteiger partial charge is 0.338 e. The average Bonchev–Trinajstić information content (AvgIpc) is 2.37. The van der Waals surface area contributed by atoms with Crippen LogP contribution in [0, 0.1) is 5.92 Å². The van der Waals surface area contributed by atoms with Crippen LogP contribution < -0.4 is 10.6 Å². The zero-order chi connectivity index (χ0) is 13.2. The van der Waals surface area contributed by atoms with Crippen LogP contribution in [0.25, 0.3) is 0 Å². The number of hydrogen-bond donors (Lipinski definition) is 2. The third kappa shape index (κ3) is 6.94. The Morgan fingerprint density at radius 3 is 2.50 bits per heavy atom. The zero-order valence-corrected chi connectivity index (χ0v) is 11.4. The first kappa shape index (κ1) is 14.6. The van der Waals surface area contributed by atoms with E-state index >= 15 is 0 Å². The Bertz CT molecular complexity index is 336. The van der Waals surface area contributed by atoms with Gasteiger partial charge >= 0.3 is 6.03 Å². The molecule has 1 aromatic carbocycles. The molecule has 0 saturated heterocycles.